The number of aryl methyl sites for hydroxylation is 1. The SMILES string of the molecule is Cc1nc(N(C)C)nc(S(C)(=O)=O)c1C#N. The third-order valence-corrected chi connectivity index (χ3v) is 2.91. The van der Waals surface area contributed by atoms with Gasteiger partial charge in [-0.2, -0.15) is 10.2 Å². The van der Waals surface area contributed by atoms with Gasteiger partial charge in [-0.15, -0.1) is 0 Å². The molecule has 0 aromatic carbocycles. The Hall–Kier alpha value is -1.68. The molecule has 6 nitrogen and oxygen atoms in total. The Morgan fingerprint density at radius 3 is 2.25 bits per heavy atom. The van der Waals surface area contributed by atoms with Crippen LogP contribution in [-0.2, 0) is 9.84 Å². The van der Waals surface area contributed by atoms with Crippen LogP contribution in [-0.4, -0.2) is 38.7 Å². The predicted octanol–water partition coefficient (Wildman–Crippen LogP) is 0.126. The summed E-state index contributed by atoms with van der Waals surface area (Å²) in [6, 6.07) is 1.81. The molecule has 0 unspecified atom stereocenters. The molecule has 0 spiro atoms. The lowest BCUT2D eigenvalue weighted by Crippen LogP contribution is -2.17. The van der Waals surface area contributed by atoms with E-state index >= 15 is 0 Å². The molecule has 0 aliphatic rings. The topological polar surface area (TPSA) is 87.0 Å². The lowest BCUT2D eigenvalue weighted by atomic mass is 10.3. The van der Waals surface area contributed by atoms with Crippen LogP contribution in [0, 0.1) is 18.3 Å². The van der Waals surface area contributed by atoms with Crippen molar-refractivity contribution < 1.29 is 8.42 Å². The van der Waals surface area contributed by atoms with Crippen molar-refractivity contribution in [2.45, 2.75) is 11.9 Å². The first-order valence-corrected chi connectivity index (χ1v) is 6.32. The minimum Gasteiger partial charge on any atom is -0.347 e. The molecule has 1 aromatic heterocycles. The zero-order valence-corrected chi connectivity index (χ0v) is 10.3. The van der Waals surface area contributed by atoms with Gasteiger partial charge in [-0.05, 0) is 6.92 Å². The molecule has 0 aliphatic carbocycles. The molecule has 0 bridgehead atoms. The van der Waals surface area contributed by atoms with Crippen LogP contribution in [0.3, 0.4) is 0 Å². The Morgan fingerprint density at radius 1 is 1.31 bits per heavy atom. The van der Waals surface area contributed by atoms with Gasteiger partial charge in [0.2, 0.25) is 5.95 Å². The number of rotatable bonds is 2. The van der Waals surface area contributed by atoms with E-state index in [1.165, 1.54) is 0 Å². The van der Waals surface area contributed by atoms with Crippen molar-refractivity contribution >= 4 is 15.8 Å². The molecular weight excluding hydrogens is 228 g/mol. The highest BCUT2D eigenvalue weighted by Gasteiger charge is 2.20. The van der Waals surface area contributed by atoms with E-state index in [-0.39, 0.29) is 16.5 Å². The summed E-state index contributed by atoms with van der Waals surface area (Å²) in [6.07, 6.45) is 1.02. The normalized spacial score (nSPS) is 10.9. The molecule has 0 saturated carbocycles. The molecule has 0 fully saturated rings. The van der Waals surface area contributed by atoms with E-state index in [4.69, 9.17) is 5.26 Å². The van der Waals surface area contributed by atoms with Gasteiger partial charge in [0.15, 0.2) is 14.9 Å². The van der Waals surface area contributed by atoms with Crippen molar-refractivity contribution in [2.75, 3.05) is 25.3 Å². The van der Waals surface area contributed by atoms with Crippen LogP contribution in [0.15, 0.2) is 5.03 Å². The number of hydrogen-bond acceptors (Lipinski definition) is 6. The van der Waals surface area contributed by atoms with Crippen molar-refractivity contribution in [1.29, 1.82) is 5.26 Å². The van der Waals surface area contributed by atoms with Crippen LogP contribution in [0.5, 0.6) is 0 Å². The summed E-state index contributed by atoms with van der Waals surface area (Å²) >= 11 is 0. The van der Waals surface area contributed by atoms with Crippen LogP contribution in [0.4, 0.5) is 5.95 Å². The molecule has 16 heavy (non-hydrogen) atoms. The Morgan fingerprint density at radius 2 is 1.88 bits per heavy atom. The first-order valence-electron chi connectivity index (χ1n) is 4.43. The van der Waals surface area contributed by atoms with E-state index in [1.54, 1.807) is 25.9 Å². The zero-order chi connectivity index (χ0) is 12.5. The summed E-state index contributed by atoms with van der Waals surface area (Å²) in [5, 5.41) is 8.67. The minimum atomic E-state index is -3.52. The summed E-state index contributed by atoms with van der Waals surface area (Å²) in [5.41, 5.74) is 0.370. The van der Waals surface area contributed by atoms with Gasteiger partial charge in [0.1, 0.15) is 11.6 Å². The predicted molar refractivity (Wildman–Crippen MR) is 58.9 cm³/mol. The lowest BCUT2D eigenvalue weighted by molar-refractivity contribution is 0.597. The highest BCUT2D eigenvalue weighted by Crippen LogP contribution is 2.18. The summed E-state index contributed by atoms with van der Waals surface area (Å²) in [6.45, 7) is 1.59. The fourth-order valence-electron chi connectivity index (χ4n) is 1.13. The summed E-state index contributed by atoms with van der Waals surface area (Å²) in [5.74, 6) is 0.275. The van der Waals surface area contributed by atoms with Crippen LogP contribution in [0.25, 0.3) is 0 Å². The second-order valence-electron chi connectivity index (χ2n) is 3.57. The molecule has 7 heteroatoms. The second kappa shape index (κ2) is 4.06. The Labute approximate surface area is 94.5 Å². The van der Waals surface area contributed by atoms with E-state index in [1.807, 2.05) is 6.07 Å². The zero-order valence-electron chi connectivity index (χ0n) is 9.51. The number of hydrogen-bond donors (Lipinski definition) is 0. The van der Waals surface area contributed by atoms with Gasteiger partial charge in [-0.1, -0.05) is 0 Å². The van der Waals surface area contributed by atoms with E-state index in [9.17, 15) is 8.42 Å². The lowest BCUT2D eigenvalue weighted by Gasteiger charge is -2.12. The monoisotopic (exact) mass is 240 g/mol. The largest absolute Gasteiger partial charge is 0.347 e. The number of nitriles is 1. The second-order valence-corrected chi connectivity index (χ2v) is 5.50. The van der Waals surface area contributed by atoms with E-state index in [0.29, 0.717) is 5.69 Å². The van der Waals surface area contributed by atoms with Crippen LogP contribution in [0.1, 0.15) is 11.3 Å². The maximum Gasteiger partial charge on any atom is 0.226 e. The molecular formula is C9H12N4O2S. The average Bonchev–Trinajstić information content (AvgIpc) is 2.14. The van der Waals surface area contributed by atoms with Crippen molar-refractivity contribution in [3.05, 3.63) is 11.3 Å². The maximum absolute atomic E-state index is 11.5. The third kappa shape index (κ3) is 2.28. The van der Waals surface area contributed by atoms with Crippen molar-refractivity contribution in [1.82, 2.24) is 9.97 Å². The Bertz CT molecular complexity index is 558. The van der Waals surface area contributed by atoms with Crippen molar-refractivity contribution in [3.63, 3.8) is 0 Å². The highest BCUT2D eigenvalue weighted by atomic mass is 32.2. The molecule has 1 rings (SSSR count). The Kier molecular flexibility index (Phi) is 3.14. The van der Waals surface area contributed by atoms with Gasteiger partial charge >= 0.3 is 0 Å². The average molecular weight is 240 g/mol. The van der Waals surface area contributed by atoms with Crippen LogP contribution in [0.2, 0.25) is 0 Å². The van der Waals surface area contributed by atoms with Crippen molar-refractivity contribution in [3.8, 4) is 6.07 Å². The fourth-order valence-corrected chi connectivity index (χ4v) is 1.94. The van der Waals surface area contributed by atoms with E-state index < -0.39 is 9.84 Å². The Balaban J connectivity index is 3.64. The van der Waals surface area contributed by atoms with Crippen molar-refractivity contribution in [2.24, 2.45) is 0 Å². The van der Waals surface area contributed by atoms with Crippen LogP contribution >= 0.6 is 0 Å². The molecule has 0 aliphatic heterocycles. The molecule has 0 N–H and O–H groups in total. The number of nitrogens with zero attached hydrogens (tertiary/aromatic N) is 4. The number of aromatic nitrogens is 2. The number of sulfone groups is 1. The smallest absolute Gasteiger partial charge is 0.226 e. The highest BCUT2D eigenvalue weighted by molar-refractivity contribution is 7.90. The molecule has 0 amide bonds. The minimum absolute atomic E-state index is 0.00750. The standard InChI is InChI=1S/C9H12N4O2S/c1-6-7(5-10)8(16(4,14)15)12-9(11-6)13(2)3/h1-4H3. The molecule has 86 valence electrons. The third-order valence-electron chi connectivity index (χ3n) is 1.91. The first kappa shape index (κ1) is 12.4. The summed E-state index contributed by atoms with van der Waals surface area (Å²) in [4.78, 5) is 9.51. The molecule has 1 heterocycles. The summed E-state index contributed by atoms with van der Waals surface area (Å²) in [7, 11) is -0.122. The molecule has 1 aromatic rings. The van der Waals surface area contributed by atoms with Gasteiger partial charge in [0.25, 0.3) is 0 Å². The van der Waals surface area contributed by atoms with Gasteiger partial charge in [0.05, 0.1) is 5.69 Å². The first-order chi connectivity index (χ1) is 7.27. The maximum atomic E-state index is 11.5. The molecule has 0 radical (unpaired) electrons. The van der Waals surface area contributed by atoms with Gasteiger partial charge in [-0.25, -0.2) is 13.4 Å². The fraction of sp³-hybridized carbons (Fsp3) is 0.444. The van der Waals surface area contributed by atoms with Gasteiger partial charge in [0, 0.05) is 20.4 Å². The molecule has 0 saturated heterocycles. The van der Waals surface area contributed by atoms with Crippen LogP contribution < -0.4 is 4.90 Å². The van der Waals surface area contributed by atoms with E-state index in [0.717, 1.165) is 6.26 Å². The van der Waals surface area contributed by atoms with E-state index in [2.05, 4.69) is 9.97 Å². The summed E-state index contributed by atoms with van der Waals surface area (Å²) < 4.78 is 23.0. The molecule has 0 atom stereocenters. The quantitative estimate of drug-likeness (QED) is 0.683. The number of anilines is 1. The van der Waals surface area contributed by atoms with Gasteiger partial charge in [-0.3, -0.25) is 0 Å². The van der Waals surface area contributed by atoms with Gasteiger partial charge < -0.3 is 4.90 Å².